The predicted octanol–water partition coefficient (Wildman–Crippen LogP) is 1.98. The summed E-state index contributed by atoms with van der Waals surface area (Å²) < 4.78 is 5.49. The molecule has 94 valence electrons. The van der Waals surface area contributed by atoms with E-state index in [-0.39, 0.29) is 6.10 Å². The summed E-state index contributed by atoms with van der Waals surface area (Å²) in [6, 6.07) is 3.70. The number of rotatable bonds is 4. The number of nitrogens with zero attached hydrogens (tertiary/aromatic N) is 3. The minimum absolute atomic E-state index is 0.00782. The van der Waals surface area contributed by atoms with E-state index in [0.717, 1.165) is 5.69 Å². The second-order valence-electron chi connectivity index (χ2n) is 3.97. The van der Waals surface area contributed by atoms with Crippen LogP contribution in [0.5, 0.6) is 5.88 Å². The molecular formula is C12H15N5O. The van der Waals surface area contributed by atoms with Gasteiger partial charge in [0.1, 0.15) is 12.0 Å². The molecule has 0 aliphatic rings. The van der Waals surface area contributed by atoms with Gasteiger partial charge in [0.25, 0.3) is 0 Å². The summed E-state index contributed by atoms with van der Waals surface area (Å²) in [5, 5.41) is 3.07. The molecule has 18 heavy (non-hydrogen) atoms. The minimum atomic E-state index is 0.00782. The maximum Gasteiger partial charge on any atom is 0.242 e. The Kier molecular flexibility index (Phi) is 3.57. The molecule has 0 aromatic carbocycles. The third-order valence-corrected chi connectivity index (χ3v) is 2.12. The zero-order valence-corrected chi connectivity index (χ0v) is 10.3. The zero-order chi connectivity index (χ0) is 13.0. The minimum Gasteiger partial charge on any atom is -0.473 e. The highest BCUT2D eigenvalue weighted by Gasteiger charge is 2.10. The molecule has 0 saturated heterocycles. The number of pyridine rings is 1. The molecule has 2 rings (SSSR count). The Morgan fingerprint density at radius 3 is 2.83 bits per heavy atom. The third kappa shape index (κ3) is 2.85. The summed E-state index contributed by atoms with van der Waals surface area (Å²) in [6.07, 6.45) is 4.80. The van der Waals surface area contributed by atoms with E-state index in [4.69, 9.17) is 10.5 Å². The van der Waals surface area contributed by atoms with E-state index in [1.165, 1.54) is 6.33 Å². The Morgan fingerprint density at radius 2 is 2.17 bits per heavy atom. The average molecular weight is 245 g/mol. The van der Waals surface area contributed by atoms with Gasteiger partial charge in [0, 0.05) is 6.20 Å². The van der Waals surface area contributed by atoms with E-state index in [9.17, 15) is 0 Å². The van der Waals surface area contributed by atoms with Crippen molar-refractivity contribution in [3.8, 4) is 5.88 Å². The van der Waals surface area contributed by atoms with Crippen LogP contribution in [0.25, 0.3) is 0 Å². The van der Waals surface area contributed by atoms with Gasteiger partial charge in [0.15, 0.2) is 5.82 Å². The third-order valence-electron chi connectivity index (χ3n) is 2.12. The lowest BCUT2D eigenvalue weighted by Crippen LogP contribution is -2.10. The Balaban J connectivity index is 2.23. The van der Waals surface area contributed by atoms with Crippen molar-refractivity contribution < 1.29 is 4.74 Å². The smallest absolute Gasteiger partial charge is 0.242 e. The summed E-state index contributed by atoms with van der Waals surface area (Å²) in [5.74, 6) is 0.889. The molecule has 0 bridgehead atoms. The van der Waals surface area contributed by atoms with Crippen molar-refractivity contribution in [2.75, 3.05) is 11.1 Å². The maximum absolute atomic E-state index is 5.95. The molecule has 2 heterocycles. The summed E-state index contributed by atoms with van der Waals surface area (Å²) in [7, 11) is 0. The summed E-state index contributed by atoms with van der Waals surface area (Å²) in [4.78, 5) is 12.1. The van der Waals surface area contributed by atoms with E-state index in [0.29, 0.717) is 17.4 Å². The second kappa shape index (κ2) is 5.31. The van der Waals surface area contributed by atoms with Crippen LogP contribution in [0.3, 0.4) is 0 Å². The second-order valence-corrected chi connectivity index (χ2v) is 3.97. The van der Waals surface area contributed by atoms with Crippen molar-refractivity contribution in [3.05, 3.63) is 30.9 Å². The first-order valence-electron chi connectivity index (χ1n) is 5.61. The molecule has 0 aliphatic heterocycles. The Morgan fingerprint density at radius 1 is 1.33 bits per heavy atom. The van der Waals surface area contributed by atoms with Crippen LogP contribution in [0.4, 0.5) is 17.2 Å². The van der Waals surface area contributed by atoms with Crippen molar-refractivity contribution in [2.24, 2.45) is 0 Å². The molecule has 0 unspecified atom stereocenters. The van der Waals surface area contributed by atoms with Gasteiger partial charge in [-0.25, -0.2) is 4.98 Å². The lowest BCUT2D eigenvalue weighted by atomic mass is 10.4. The van der Waals surface area contributed by atoms with Crippen molar-refractivity contribution >= 4 is 17.2 Å². The first-order chi connectivity index (χ1) is 8.66. The van der Waals surface area contributed by atoms with E-state index in [1.807, 2.05) is 26.0 Å². The number of nitrogen functional groups attached to an aromatic ring is 1. The molecule has 0 amide bonds. The van der Waals surface area contributed by atoms with Gasteiger partial charge in [-0.2, -0.15) is 4.98 Å². The topological polar surface area (TPSA) is 86.0 Å². The monoisotopic (exact) mass is 245 g/mol. The Bertz CT molecular complexity index is 515. The molecule has 0 spiro atoms. The number of nitrogens with one attached hydrogen (secondary N) is 1. The first kappa shape index (κ1) is 12.1. The van der Waals surface area contributed by atoms with Crippen LogP contribution in [0.2, 0.25) is 0 Å². The summed E-state index contributed by atoms with van der Waals surface area (Å²) in [5.41, 5.74) is 7.13. The molecule has 0 saturated carbocycles. The number of anilines is 3. The lowest BCUT2D eigenvalue weighted by Gasteiger charge is -2.13. The Labute approximate surface area is 105 Å². The van der Waals surface area contributed by atoms with E-state index >= 15 is 0 Å². The van der Waals surface area contributed by atoms with Crippen molar-refractivity contribution in [1.29, 1.82) is 0 Å². The van der Waals surface area contributed by atoms with E-state index < -0.39 is 0 Å². The molecular weight excluding hydrogens is 230 g/mol. The quantitative estimate of drug-likeness (QED) is 0.856. The molecule has 6 heteroatoms. The lowest BCUT2D eigenvalue weighted by molar-refractivity contribution is 0.234. The number of aromatic nitrogens is 3. The average Bonchev–Trinajstić information content (AvgIpc) is 2.35. The fourth-order valence-electron chi connectivity index (χ4n) is 1.37. The summed E-state index contributed by atoms with van der Waals surface area (Å²) >= 11 is 0. The molecule has 0 atom stereocenters. The van der Waals surface area contributed by atoms with Crippen LogP contribution in [0.1, 0.15) is 13.8 Å². The number of ether oxygens (including phenoxy) is 1. The first-order valence-corrected chi connectivity index (χ1v) is 5.61. The van der Waals surface area contributed by atoms with Gasteiger partial charge < -0.3 is 15.8 Å². The molecule has 0 aliphatic carbocycles. The van der Waals surface area contributed by atoms with Gasteiger partial charge in [-0.3, -0.25) is 4.98 Å². The molecule has 0 fully saturated rings. The van der Waals surface area contributed by atoms with E-state index in [2.05, 4.69) is 20.3 Å². The predicted molar refractivity (Wildman–Crippen MR) is 69.7 cm³/mol. The molecule has 0 radical (unpaired) electrons. The highest BCUT2D eigenvalue weighted by atomic mass is 16.5. The van der Waals surface area contributed by atoms with Gasteiger partial charge in [-0.15, -0.1) is 0 Å². The van der Waals surface area contributed by atoms with Crippen LogP contribution in [-0.2, 0) is 0 Å². The highest BCUT2D eigenvalue weighted by molar-refractivity contribution is 5.71. The van der Waals surface area contributed by atoms with Gasteiger partial charge in [-0.05, 0) is 26.0 Å². The van der Waals surface area contributed by atoms with Crippen LogP contribution >= 0.6 is 0 Å². The van der Waals surface area contributed by atoms with Gasteiger partial charge in [0.05, 0.1) is 18.0 Å². The Hall–Kier alpha value is -2.37. The van der Waals surface area contributed by atoms with Crippen LogP contribution in [0.15, 0.2) is 30.9 Å². The fourth-order valence-corrected chi connectivity index (χ4v) is 1.37. The van der Waals surface area contributed by atoms with Crippen LogP contribution < -0.4 is 15.8 Å². The largest absolute Gasteiger partial charge is 0.473 e. The number of nitrogens with two attached hydrogens (primary N) is 1. The van der Waals surface area contributed by atoms with E-state index in [1.54, 1.807) is 12.4 Å². The van der Waals surface area contributed by atoms with Crippen molar-refractivity contribution in [2.45, 2.75) is 20.0 Å². The fraction of sp³-hybridized carbons (Fsp3) is 0.250. The molecule has 6 nitrogen and oxygen atoms in total. The SMILES string of the molecule is CC(C)Oc1ncnc(Nc2cccnc2)c1N. The van der Waals surface area contributed by atoms with Gasteiger partial charge in [-0.1, -0.05) is 0 Å². The molecule has 3 N–H and O–H groups in total. The zero-order valence-electron chi connectivity index (χ0n) is 10.3. The van der Waals surface area contributed by atoms with Crippen LogP contribution in [0, 0.1) is 0 Å². The standard InChI is InChI=1S/C12H15N5O/c1-8(2)18-12-10(13)11(15-7-16-12)17-9-4-3-5-14-6-9/h3-8H,13H2,1-2H3,(H,15,16,17). The van der Waals surface area contributed by atoms with Crippen molar-refractivity contribution in [1.82, 2.24) is 15.0 Å². The highest BCUT2D eigenvalue weighted by Crippen LogP contribution is 2.27. The van der Waals surface area contributed by atoms with Crippen LogP contribution in [-0.4, -0.2) is 21.1 Å². The van der Waals surface area contributed by atoms with Crippen molar-refractivity contribution in [3.63, 3.8) is 0 Å². The normalized spacial score (nSPS) is 10.4. The van der Waals surface area contributed by atoms with Gasteiger partial charge >= 0.3 is 0 Å². The molecule has 2 aromatic rings. The maximum atomic E-state index is 5.95. The molecule has 2 aromatic heterocycles. The summed E-state index contributed by atoms with van der Waals surface area (Å²) in [6.45, 7) is 3.82. The number of hydrogen-bond donors (Lipinski definition) is 2. The van der Waals surface area contributed by atoms with Gasteiger partial charge in [0.2, 0.25) is 5.88 Å². The number of hydrogen-bond acceptors (Lipinski definition) is 6.